The molecule has 0 spiro atoms. The average molecular weight is 300 g/mol. The van der Waals surface area contributed by atoms with Crippen LogP contribution in [0.1, 0.15) is 38.3 Å². The van der Waals surface area contributed by atoms with Crippen molar-refractivity contribution in [3.63, 3.8) is 0 Å². The number of nitrogens with two attached hydrogens (primary N) is 1. The van der Waals surface area contributed by atoms with Gasteiger partial charge in [-0.3, -0.25) is 0 Å². The monoisotopic (exact) mass is 300 g/mol. The van der Waals surface area contributed by atoms with Gasteiger partial charge >= 0.3 is 0 Å². The Kier molecular flexibility index (Phi) is 6.84. The van der Waals surface area contributed by atoms with Gasteiger partial charge in [-0.1, -0.05) is 48.1 Å². The Morgan fingerprint density at radius 1 is 1.23 bits per heavy atom. The molecule has 0 aliphatic heterocycles. The third-order valence-electron chi connectivity index (χ3n) is 3.96. The minimum atomic E-state index is 0.0660. The summed E-state index contributed by atoms with van der Waals surface area (Å²) in [6, 6.07) is 10.6. The summed E-state index contributed by atoms with van der Waals surface area (Å²) in [7, 11) is 0. The van der Waals surface area contributed by atoms with E-state index in [0.717, 1.165) is 26.0 Å². The summed E-state index contributed by atoms with van der Waals surface area (Å²) in [6.45, 7) is 6.47. The molecule has 22 heavy (non-hydrogen) atoms. The first-order chi connectivity index (χ1) is 10.7. The predicted molar refractivity (Wildman–Crippen MR) is 92.7 cm³/mol. The molecule has 0 saturated carbocycles. The largest absolute Gasteiger partial charge is 0.376 e. The summed E-state index contributed by atoms with van der Waals surface area (Å²) in [4.78, 5) is 0. The quantitative estimate of drug-likeness (QED) is 0.572. The molecular formula is C19H28N2O. The van der Waals surface area contributed by atoms with Crippen molar-refractivity contribution in [2.75, 3.05) is 19.8 Å². The number of nitrogens with one attached hydrogen (secondary N) is 1. The van der Waals surface area contributed by atoms with Crippen molar-refractivity contribution >= 4 is 0 Å². The fraction of sp³-hybridized carbons (Fsp3) is 0.474. The molecule has 1 aliphatic rings. The fourth-order valence-electron chi connectivity index (χ4n) is 2.80. The molecule has 0 heterocycles. The van der Waals surface area contributed by atoms with Crippen LogP contribution in [0.15, 0.2) is 53.6 Å². The molecule has 3 N–H and O–H groups in total. The molecule has 2 unspecified atom stereocenters. The van der Waals surface area contributed by atoms with Crippen molar-refractivity contribution < 1.29 is 4.74 Å². The zero-order valence-electron chi connectivity index (χ0n) is 13.7. The highest BCUT2D eigenvalue weighted by molar-refractivity contribution is 5.21. The van der Waals surface area contributed by atoms with Crippen LogP contribution in [0.4, 0.5) is 0 Å². The van der Waals surface area contributed by atoms with Crippen molar-refractivity contribution in [3.8, 4) is 0 Å². The number of allylic oxidation sites excluding steroid dienone is 3. The first-order valence-corrected chi connectivity index (χ1v) is 8.12. The second-order valence-corrected chi connectivity index (χ2v) is 6.08. The van der Waals surface area contributed by atoms with Crippen molar-refractivity contribution in [1.29, 1.82) is 0 Å². The summed E-state index contributed by atoms with van der Waals surface area (Å²) in [5.74, 6) is 0. The van der Waals surface area contributed by atoms with Crippen LogP contribution in [0.25, 0.3) is 0 Å². The molecule has 120 valence electrons. The van der Waals surface area contributed by atoms with Gasteiger partial charge in [-0.2, -0.15) is 0 Å². The van der Waals surface area contributed by atoms with E-state index < -0.39 is 0 Å². The summed E-state index contributed by atoms with van der Waals surface area (Å²) in [6.07, 6.45) is 6.65. The van der Waals surface area contributed by atoms with Crippen LogP contribution in [0.2, 0.25) is 0 Å². The van der Waals surface area contributed by atoms with E-state index in [1.807, 2.05) is 25.1 Å². The maximum absolute atomic E-state index is 6.10. The highest BCUT2D eigenvalue weighted by atomic mass is 16.5. The molecule has 2 atom stereocenters. The molecule has 3 heteroatoms. The predicted octanol–water partition coefficient (Wildman–Crippen LogP) is 3.35. The number of benzene rings is 1. The highest BCUT2D eigenvalue weighted by Crippen LogP contribution is 2.18. The van der Waals surface area contributed by atoms with Crippen LogP contribution in [0.5, 0.6) is 0 Å². The molecule has 2 rings (SSSR count). The Balaban J connectivity index is 1.69. The van der Waals surface area contributed by atoms with E-state index >= 15 is 0 Å². The van der Waals surface area contributed by atoms with E-state index in [1.165, 1.54) is 16.7 Å². The topological polar surface area (TPSA) is 47.3 Å². The van der Waals surface area contributed by atoms with Crippen LogP contribution in [0.3, 0.4) is 0 Å². The van der Waals surface area contributed by atoms with E-state index in [9.17, 15) is 0 Å². The Bertz CT molecular complexity index is 505. The molecule has 3 nitrogen and oxygen atoms in total. The van der Waals surface area contributed by atoms with Gasteiger partial charge < -0.3 is 15.8 Å². The molecule has 0 fully saturated rings. The molecule has 1 aromatic rings. The summed E-state index contributed by atoms with van der Waals surface area (Å²) < 4.78 is 5.79. The summed E-state index contributed by atoms with van der Waals surface area (Å²) in [5.41, 5.74) is 10.2. The van der Waals surface area contributed by atoms with Crippen molar-refractivity contribution in [2.45, 2.75) is 38.8 Å². The zero-order chi connectivity index (χ0) is 15.8. The van der Waals surface area contributed by atoms with Gasteiger partial charge in [-0.25, -0.2) is 0 Å². The van der Waals surface area contributed by atoms with E-state index in [1.54, 1.807) is 0 Å². The average Bonchev–Trinajstić information content (AvgIpc) is 2.51. The lowest BCUT2D eigenvalue weighted by Crippen LogP contribution is -2.37. The lowest BCUT2D eigenvalue weighted by atomic mass is 10.0. The van der Waals surface area contributed by atoms with Crippen molar-refractivity contribution in [1.82, 2.24) is 5.32 Å². The first kappa shape index (κ1) is 16.9. The van der Waals surface area contributed by atoms with Crippen LogP contribution in [-0.2, 0) is 4.74 Å². The van der Waals surface area contributed by atoms with Gasteiger partial charge in [0.25, 0.3) is 0 Å². The Morgan fingerprint density at radius 2 is 2.00 bits per heavy atom. The zero-order valence-corrected chi connectivity index (χ0v) is 13.7. The second-order valence-electron chi connectivity index (χ2n) is 6.08. The summed E-state index contributed by atoms with van der Waals surface area (Å²) in [5, 5.41) is 3.50. The number of hydrogen-bond acceptors (Lipinski definition) is 3. The highest BCUT2D eigenvalue weighted by Gasteiger charge is 2.14. The molecule has 0 amide bonds. The molecule has 1 aromatic carbocycles. The number of hydrogen-bond donors (Lipinski definition) is 2. The van der Waals surface area contributed by atoms with Gasteiger partial charge in [0, 0.05) is 18.6 Å². The molecule has 1 aliphatic carbocycles. The fourth-order valence-corrected chi connectivity index (χ4v) is 2.80. The Labute approximate surface area is 134 Å². The second kappa shape index (κ2) is 8.89. The van der Waals surface area contributed by atoms with E-state index in [4.69, 9.17) is 10.5 Å². The third-order valence-corrected chi connectivity index (χ3v) is 3.96. The normalized spacial score (nSPS) is 17.6. The summed E-state index contributed by atoms with van der Waals surface area (Å²) >= 11 is 0. The van der Waals surface area contributed by atoms with Crippen LogP contribution >= 0.6 is 0 Å². The Hall–Kier alpha value is -1.42. The number of rotatable bonds is 8. The molecule has 0 aromatic heterocycles. The number of ether oxygens (including phenoxy) is 1. The minimum absolute atomic E-state index is 0.0660. The smallest absolute Gasteiger partial charge is 0.0680 e. The van der Waals surface area contributed by atoms with Crippen LogP contribution < -0.4 is 11.1 Å². The molecule has 0 radical (unpaired) electrons. The van der Waals surface area contributed by atoms with Gasteiger partial charge in [-0.15, -0.1) is 0 Å². The molecular weight excluding hydrogens is 272 g/mol. The molecule has 0 bridgehead atoms. The Morgan fingerprint density at radius 3 is 2.68 bits per heavy atom. The maximum atomic E-state index is 6.10. The van der Waals surface area contributed by atoms with E-state index in [0.29, 0.717) is 6.61 Å². The van der Waals surface area contributed by atoms with Gasteiger partial charge in [-0.05, 0) is 37.8 Å². The third kappa shape index (κ3) is 5.41. The maximum Gasteiger partial charge on any atom is 0.0680 e. The van der Waals surface area contributed by atoms with Crippen molar-refractivity contribution in [3.05, 3.63) is 59.2 Å². The van der Waals surface area contributed by atoms with E-state index in [-0.39, 0.29) is 12.1 Å². The lowest BCUT2D eigenvalue weighted by Gasteiger charge is -2.23. The molecule has 0 saturated heterocycles. The van der Waals surface area contributed by atoms with Crippen molar-refractivity contribution in [2.24, 2.45) is 5.73 Å². The minimum Gasteiger partial charge on any atom is -0.376 e. The SMILES string of the molecule is CC1=CCC=C(COCCNC(c2ccccc2)C(C)N)C1. The standard InChI is InChI=1S/C19H28N2O/c1-15-7-6-8-17(13-15)14-22-12-11-21-19(16(2)20)18-9-4-3-5-10-18/h3-5,7-10,16,19,21H,6,11-14,20H2,1-2H3. The lowest BCUT2D eigenvalue weighted by molar-refractivity contribution is 0.152. The van der Waals surface area contributed by atoms with Gasteiger partial charge in [0.05, 0.1) is 13.2 Å². The van der Waals surface area contributed by atoms with E-state index in [2.05, 4.69) is 36.5 Å². The van der Waals surface area contributed by atoms with Crippen LogP contribution in [0, 0.1) is 0 Å². The first-order valence-electron chi connectivity index (χ1n) is 8.12. The van der Waals surface area contributed by atoms with Gasteiger partial charge in [0.2, 0.25) is 0 Å². The van der Waals surface area contributed by atoms with Gasteiger partial charge in [0.15, 0.2) is 0 Å². The van der Waals surface area contributed by atoms with Crippen LogP contribution in [-0.4, -0.2) is 25.8 Å². The van der Waals surface area contributed by atoms with Gasteiger partial charge in [0.1, 0.15) is 0 Å².